The fourth-order valence-electron chi connectivity index (χ4n) is 2.97. The smallest absolute Gasteiger partial charge is 0.277 e. The molecule has 1 aliphatic heterocycles. The molecule has 0 radical (unpaired) electrons. The summed E-state index contributed by atoms with van der Waals surface area (Å²) in [5.74, 6) is 1.16. The molecule has 2 heterocycles. The van der Waals surface area contributed by atoms with Crippen molar-refractivity contribution in [2.24, 2.45) is 5.92 Å². The third-order valence-corrected chi connectivity index (χ3v) is 5.27. The number of aromatic nitrogens is 2. The van der Waals surface area contributed by atoms with Crippen LogP contribution in [0, 0.1) is 5.92 Å². The third kappa shape index (κ3) is 6.48. The van der Waals surface area contributed by atoms with Gasteiger partial charge in [-0.25, -0.2) is 0 Å². The largest absolute Gasteiger partial charge is 0.411 e. The van der Waals surface area contributed by atoms with Gasteiger partial charge in [-0.1, -0.05) is 37.2 Å². The lowest BCUT2D eigenvalue weighted by Gasteiger charge is -2.33. The van der Waals surface area contributed by atoms with Gasteiger partial charge in [-0.3, -0.25) is 9.69 Å². The van der Waals surface area contributed by atoms with Gasteiger partial charge in [-0.05, 0) is 30.2 Å². The van der Waals surface area contributed by atoms with Gasteiger partial charge in [0.25, 0.3) is 5.22 Å². The summed E-state index contributed by atoms with van der Waals surface area (Å²) >= 11 is 7.09. The van der Waals surface area contributed by atoms with E-state index in [2.05, 4.69) is 34.3 Å². The molecular formula is C19H25ClN4O3S. The molecule has 3 rings (SSSR count). The lowest BCUT2D eigenvalue weighted by Crippen LogP contribution is -2.48. The van der Waals surface area contributed by atoms with Gasteiger partial charge in [0.1, 0.15) is 0 Å². The second-order valence-corrected chi connectivity index (χ2v) is 8.48. The number of nitrogens with zero attached hydrogens (tertiary/aromatic N) is 3. The first kappa shape index (κ1) is 21.1. The number of thioether (sulfide) groups is 1. The molecule has 1 aromatic heterocycles. The van der Waals surface area contributed by atoms with Gasteiger partial charge >= 0.3 is 0 Å². The number of hydrogen-bond donors (Lipinski definition) is 1. The number of hydrogen-bond acceptors (Lipinski definition) is 7. The van der Waals surface area contributed by atoms with Crippen molar-refractivity contribution in [1.82, 2.24) is 20.4 Å². The topological polar surface area (TPSA) is 80.5 Å². The maximum atomic E-state index is 12.1. The summed E-state index contributed by atoms with van der Waals surface area (Å²) in [4.78, 5) is 14.5. The molecule has 1 amide bonds. The van der Waals surface area contributed by atoms with E-state index in [0.717, 1.165) is 25.2 Å². The van der Waals surface area contributed by atoms with E-state index < -0.39 is 0 Å². The molecule has 0 aliphatic carbocycles. The van der Waals surface area contributed by atoms with Crippen LogP contribution in [0.2, 0.25) is 5.02 Å². The number of carbonyl (C=O) groups excluding carboxylic acids is 1. The molecule has 0 saturated carbocycles. The first-order chi connectivity index (χ1) is 13.5. The quantitative estimate of drug-likeness (QED) is 0.652. The van der Waals surface area contributed by atoms with Crippen LogP contribution in [0.1, 0.15) is 13.8 Å². The first-order valence-electron chi connectivity index (χ1n) is 9.32. The zero-order chi connectivity index (χ0) is 19.9. The van der Waals surface area contributed by atoms with Gasteiger partial charge in [-0.15, -0.1) is 10.2 Å². The standard InChI is InChI=1S/C19H25ClN4O3S/c1-13(2)10-24-7-8-26-16(11-24)9-21-17(25)12-28-19-23-22-18(27-19)14-3-5-15(20)6-4-14/h3-6,13,16H,7-12H2,1-2H3,(H,21,25). The molecule has 7 nitrogen and oxygen atoms in total. The van der Waals surface area contributed by atoms with Crippen LogP contribution in [0.15, 0.2) is 33.9 Å². The SMILES string of the molecule is CC(C)CN1CCOC(CNC(=O)CSc2nnc(-c3ccc(Cl)cc3)o2)C1. The lowest BCUT2D eigenvalue weighted by atomic mass is 10.2. The molecule has 1 aliphatic rings. The Morgan fingerprint density at radius 1 is 1.36 bits per heavy atom. The van der Waals surface area contributed by atoms with Crippen LogP contribution in [0.5, 0.6) is 0 Å². The summed E-state index contributed by atoms with van der Waals surface area (Å²) in [6, 6.07) is 7.14. The highest BCUT2D eigenvalue weighted by molar-refractivity contribution is 7.99. The number of benzene rings is 1. The van der Waals surface area contributed by atoms with Crippen LogP contribution in [-0.4, -0.2) is 65.6 Å². The van der Waals surface area contributed by atoms with Crippen molar-refractivity contribution in [1.29, 1.82) is 0 Å². The Balaban J connectivity index is 1.40. The number of carbonyl (C=O) groups is 1. The molecular weight excluding hydrogens is 400 g/mol. The van der Waals surface area contributed by atoms with Crippen molar-refractivity contribution in [2.75, 3.05) is 38.5 Å². The lowest BCUT2D eigenvalue weighted by molar-refractivity contribution is -0.119. The van der Waals surface area contributed by atoms with Gasteiger partial charge in [-0.2, -0.15) is 0 Å². The minimum Gasteiger partial charge on any atom is -0.411 e. The zero-order valence-corrected chi connectivity index (χ0v) is 17.6. The first-order valence-corrected chi connectivity index (χ1v) is 10.7. The molecule has 0 spiro atoms. The van der Waals surface area contributed by atoms with Crippen LogP contribution < -0.4 is 5.32 Å². The second-order valence-electron chi connectivity index (χ2n) is 7.12. The Bertz CT molecular complexity index is 769. The van der Waals surface area contributed by atoms with E-state index >= 15 is 0 Å². The monoisotopic (exact) mass is 424 g/mol. The molecule has 1 unspecified atom stereocenters. The second kappa shape index (κ2) is 10.2. The van der Waals surface area contributed by atoms with Crippen LogP contribution in [0.3, 0.4) is 0 Å². The van der Waals surface area contributed by atoms with Crippen LogP contribution in [0.4, 0.5) is 0 Å². The average Bonchev–Trinajstić information content (AvgIpc) is 3.14. The van der Waals surface area contributed by atoms with Crippen LogP contribution >= 0.6 is 23.4 Å². The minimum absolute atomic E-state index is 0.0290. The van der Waals surface area contributed by atoms with E-state index in [0.29, 0.717) is 35.2 Å². The van der Waals surface area contributed by atoms with Crippen molar-refractivity contribution in [2.45, 2.75) is 25.2 Å². The van der Waals surface area contributed by atoms with Crippen molar-refractivity contribution in [3.8, 4) is 11.5 Å². The Labute approximate surface area is 174 Å². The molecule has 1 N–H and O–H groups in total. The molecule has 2 aromatic rings. The third-order valence-electron chi connectivity index (χ3n) is 4.20. The minimum atomic E-state index is -0.0826. The van der Waals surface area contributed by atoms with Crippen LogP contribution in [0.25, 0.3) is 11.5 Å². The summed E-state index contributed by atoms with van der Waals surface area (Å²) in [7, 11) is 0. The Kier molecular flexibility index (Phi) is 7.73. The maximum absolute atomic E-state index is 12.1. The average molecular weight is 425 g/mol. The number of ether oxygens (including phenoxy) is 1. The summed E-state index contributed by atoms with van der Waals surface area (Å²) in [5.41, 5.74) is 0.786. The Hall–Kier alpha value is -1.61. The predicted octanol–water partition coefficient (Wildman–Crippen LogP) is 2.96. The maximum Gasteiger partial charge on any atom is 0.277 e. The van der Waals surface area contributed by atoms with Crippen LogP contribution in [-0.2, 0) is 9.53 Å². The zero-order valence-electron chi connectivity index (χ0n) is 16.1. The molecule has 28 heavy (non-hydrogen) atoms. The van der Waals surface area contributed by atoms with E-state index in [1.54, 1.807) is 12.1 Å². The normalized spacial score (nSPS) is 17.8. The van der Waals surface area contributed by atoms with E-state index in [9.17, 15) is 4.79 Å². The molecule has 1 atom stereocenters. The van der Waals surface area contributed by atoms with E-state index in [1.807, 2.05) is 12.1 Å². The van der Waals surface area contributed by atoms with Crippen molar-refractivity contribution in [3.63, 3.8) is 0 Å². The molecule has 9 heteroatoms. The summed E-state index contributed by atoms with van der Waals surface area (Å²) in [6.07, 6.45) is 0.0290. The van der Waals surface area contributed by atoms with E-state index in [4.69, 9.17) is 20.8 Å². The highest BCUT2D eigenvalue weighted by atomic mass is 35.5. The van der Waals surface area contributed by atoms with Gasteiger partial charge in [0.15, 0.2) is 0 Å². The molecule has 1 fully saturated rings. The van der Waals surface area contributed by atoms with Crippen molar-refractivity contribution < 1.29 is 13.9 Å². The van der Waals surface area contributed by atoms with E-state index in [1.165, 1.54) is 11.8 Å². The van der Waals surface area contributed by atoms with Gasteiger partial charge in [0.05, 0.1) is 18.5 Å². The predicted molar refractivity (Wildman–Crippen MR) is 109 cm³/mol. The van der Waals surface area contributed by atoms with Crippen molar-refractivity contribution >= 4 is 29.3 Å². The molecule has 1 aromatic carbocycles. The Morgan fingerprint density at radius 2 is 2.14 bits per heavy atom. The highest BCUT2D eigenvalue weighted by Gasteiger charge is 2.21. The molecule has 152 valence electrons. The van der Waals surface area contributed by atoms with Gasteiger partial charge in [0, 0.05) is 36.8 Å². The Morgan fingerprint density at radius 3 is 2.89 bits per heavy atom. The van der Waals surface area contributed by atoms with Gasteiger partial charge in [0.2, 0.25) is 11.8 Å². The summed E-state index contributed by atoms with van der Waals surface area (Å²) < 4.78 is 11.3. The number of amides is 1. The number of halogens is 1. The number of rotatable bonds is 8. The summed E-state index contributed by atoms with van der Waals surface area (Å²) in [5, 5.41) is 11.9. The number of morpholine rings is 1. The molecule has 0 bridgehead atoms. The number of nitrogens with one attached hydrogen (secondary N) is 1. The molecule has 1 saturated heterocycles. The van der Waals surface area contributed by atoms with Crippen molar-refractivity contribution in [3.05, 3.63) is 29.3 Å². The van der Waals surface area contributed by atoms with Gasteiger partial charge < -0.3 is 14.5 Å². The highest BCUT2D eigenvalue weighted by Crippen LogP contribution is 2.24. The fourth-order valence-corrected chi connectivity index (χ4v) is 3.69. The summed E-state index contributed by atoms with van der Waals surface area (Å²) in [6.45, 7) is 8.48. The fraction of sp³-hybridized carbons (Fsp3) is 0.526. The van der Waals surface area contributed by atoms with E-state index in [-0.39, 0.29) is 17.8 Å².